The molecular weight excluding hydrogens is 380 g/mol. The molecule has 0 radical (unpaired) electrons. The van der Waals surface area contributed by atoms with Gasteiger partial charge < -0.3 is 20.1 Å². The molecule has 1 saturated heterocycles. The number of hydrogen-bond donors (Lipinski definition) is 2. The van der Waals surface area contributed by atoms with E-state index >= 15 is 0 Å². The monoisotopic (exact) mass is 408 g/mol. The van der Waals surface area contributed by atoms with Crippen molar-refractivity contribution < 1.29 is 24.2 Å². The van der Waals surface area contributed by atoms with E-state index in [0.29, 0.717) is 38.0 Å². The Morgan fingerprint density at radius 1 is 1.39 bits per heavy atom. The van der Waals surface area contributed by atoms with Gasteiger partial charge in [0.1, 0.15) is 17.8 Å². The lowest BCUT2D eigenvalue weighted by Crippen LogP contribution is -2.51. The summed E-state index contributed by atoms with van der Waals surface area (Å²) in [4.78, 5) is 38.1. The average molecular weight is 409 g/mol. The van der Waals surface area contributed by atoms with Gasteiger partial charge >= 0.3 is 5.97 Å². The van der Waals surface area contributed by atoms with Crippen molar-refractivity contribution in [2.24, 2.45) is 0 Å². The van der Waals surface area contributed by atoms with E-state index in [1.54, 1.807) is 23.9 Å². The van der Waals surface area contributed by atoms with E-state index < -0.39 is 18.1 Å². The van der Waals surface area contributed by atoms with Gasteiger partial charge in [0.15, 0.2) is 0 Å². The summed E-state index contributed by atoms with van der Waals surface area (Å²) in [6, 6.07) is 2.26. The van der Waals surface area contributed by atoms with Gasteiger partial charge in [-0.25, -0.2) is 4.79 Å². The number of likely N-dealkylation sites (tertiary alicyclic amines) is 1. The van der Waals surface area contributed by atoms with Crippen LogP contribution in [0.25, 0.3) is 0 Å². The summed E-state index contributed by atoms with van der Waals surface area (Å²) in [6.07, 6.45) is 4.22. The zero-order valence-electron chi connectivity index (χ0n) is 16.6. The van der Waals surface area contributed by atoms with E-state index in [0.717, 1.165) is 22.4 Å². The van der Waals surface area contributed by atoms with Crippen LogP contribution < -0.4 is 10.1 Å². The van der Waals surface area contributed by atoms with Gasteiger partial charge in [-0.05, 0) is 61.8 Å². The quantitative estimate of drug-likeness (QED) is 0.366. The lowest BCUT2D eigenvalue weighted by Gasteiger charge is -2.27. The van der Waals surface area contributed by atoms with Crippen molar-refractivity contribution >= 4 is 30.0 Å². The maximum Gasteiger partial charge on any atom is 0.334 e. The third-order valence-corrected chi connectivity index (χ3v) is 5.54. The number of ether oxygens (including phenoxy) is 1. The Morgan fingerprint density at radius 2 is 2.07 bits per heavy atom. The molecule has 1 aliphatic heterocycles. The highest BCUT2D eigenvalue weighted by molar-refractivity contribution is 7.98. The molecule has 0 aromatic heterocycles. The highest BCUT2D eigenvalue weighted by Crippen LogP contribution is 2.27. The summed E-state index contributed by atoms with van der Waals surface area (Å²) >= 11 is 1.59. The van der Waals surface area contributed by atoms with Gasteiger partial charge in [0, 0.05) is 6.54 Å². The topological polar surface area (TPSA) is 95.9 Å². The predicted octanol–water partition coefficient (Wildman–Crippen LogP) is 1.56. The fourth-order valence-electron chi connectivity index (χ4n) is 3.53. The van der Waals surface area contributed by atoms with Crippen molar-refractivity contribution in [2.75, 3.05) is 18.6 Å². The van der Waals surface area contributed by atoms with Crippen LogP contribution in [0.4, 0.5) is 0 Å². The van der Waals surface area contributed by atoms with Crippen LogP contribution in [0.15, 0.2) is 12.1 Å². The maximum absolute atomic E-state index is 12.9. The van der Waals surface area contributed by atoms with Crippen LogP contribution in [0, 0.1) is 13.8 Å². The predicted molar refractivity (Wildman–Crippen MR) is 108 cm³/mol. The zero-order chi connectivity index (χ0) is 20.7. The normalized spacial score (nSPS) is 17.3. The highest BCUT2D eigenvalue weighted by atomic mass is 32.2. The number of esters is 1. The molecular formula is C20H28N2O5S. The van der Waals surface area contributed by atoms with Crippen LogP contribution >= 0.6 is 11.8 Å². The van der Waals surface area contributed by atoms with E-state index in [-0.39, 0.29) is 12.5 Å². The van der Waals surface area contributed by atoms with Crippen LogP contribution in [-0.2, 0) is 21.0 Å². The minimum absolute atomic E-state index is 0.0814. The average Bonchev–Trinajstić information content (AvgIpc) is 3.17. The van der Waals surface area contributed by atoms with Gasteiger partial charge in [0.25, 0.3) is 0 Å². The highest BCUT2D eigenvalue weighted by Gasteiger charge is 2.38. The Kier molecular flexibility index (Phi) is 8.32. The first kappa shape index (κ1) is 22.2. The van der Waals surface area contributed by atoms with Crippen LogP contribution in [0.2, 0.25) is 0 Å². The van der Waals surface area contributed by atoms with Gasteiger partial charge in [-0.2, -0.15) is 11.8 Å². The van der Waals surface area contributed by atoms with Crippen LogP contribution in [-0.4, -0.2) is 58.9 Å². The molecule has 0 bridgehead atoms. The maximum atomic E-state index is 12.9. The summed E-state index contributed by atoms with van der Waals surface area (Å²) < 4.78 is 5.65. The number of carbonyl (C=O) groups excluding carboxylic acids is 3. The number of hydrogen-bond acceptors (Lipinski definition) is 6. The lowest BCUT2D eigenvalue weighted by atomic mass is 10.1. The molecule has 1 aromatic carbocycles. The first-order chi connectivity index (χ1) is 13.4. The Bertz CT molecular complexity index is 702. The molecule has 28 heavy (non-hydrogen) atoms. The summed E-state index contributed by atoms with van der Waals surface area (Å²) in [6.45, 7) is 4.02. The van der Waals surface area contributed by atoms with E-state index in [9.17, 15) is 19.5 Å². The van der Waals surface area contributed by atoms with E-state index in [2.05, 4.69) is 5.32 Å². The number of aliphatic hydroxyl groups is 1. The minimum Gasteiger partial charge on any atom is -0.424 e. The molecule has 8 heteroatoms. The van der Waals surface area contributed by atoms with Gasteiger partial charge in [-0.1, -0.05) is 12.1 Å². The van der Waals surface area contributed by atoms with Crippen molar-refractivity contribution in [3.05, 3.63) is 28.8 Å². The SMILES string of the molecule is CSCCC(NC=O)C(=O)N1CCC[C@H]1C(=O)Oc1c(C)cc(CO)cc1C. The fourth-order valence-corrected chi connectivity index (χ4v) is 4.00. The number of aliphatic hydroxyl groups excluding tert-OH is 1. The molecule has 0 spiro atoms. The van der Waals surface area contributed by atoms with Crippen molar-refractivity contribution in [2.45, 2.75) is 51.8 Å². The number of rotatable bonds is 9. The summed E-state index contributed by atoms with van der Waals surface area (Å²) in [7, 11) is 0. The smallest absolute Gasteiger partial charge is 0.334 e. The molecule has 1 aromatic rings. The van der Waals surface area contributed by atoms with E-state index in [1.807, 2.05) is 20.1 Å². The van der Waals surface area contributed by atoms with Crippen molar-refractivity contribution in [1.82, 2.24) is 10.2 Å². The Hall–Kier alpha value is -2.06. The molecule has 1 heterocycles. The van der Waals surface area contributed by atoms with Crippen molar-refractivity contribution in [3.8, 4) is 5.75 Å². The van der Waals surface area contributed by atoms with E-state index in [4.69, 9.17) is 4.74 Å². The first-order valence-electron chi connectivity index (χ1n) is 9.34. The van der Waals surface area contributed by atoms with Crippen LogP contribution in [0.3, 0.4) is 0 Å². The number of aryl methyl sites for hydroxylation is 2. The number of benzene rings is 1. The lowest BCUT2D eigenvalue weighted by molar-refractivity contribution is -0.147. The number of nitrogens with zero attached hydrogens (tertiary/aromatic N) is 1. The van der Waals surface area contributed by atoms with Gasteiger partial charge in [-0.3, -0.25) is 9.59 Å². The second kappa shape index (κ2) is 10.5. The summed E-state index contributed by atoms with van der Waals surface area (Å²) in [5.74, 6) is 0.482. The Balaban J connectivity index is 2.14. The van der Waals surface area contributed by atoms with Gasteiger partial charge in [0.05, 0.1) is 6.61 Å². The molecule has 7 nitrogen and oxygen atoms in total. The number of nitrogens with one attached hydrogen (secondary N) is 1. The Labute approximate surface area is 169 Å². The molecule has 2 atom stereocenters. The largest absolute Gasteiger partial charge is 0.424 e. The molecule has 0 saturated carbocycles. The standard InChI is InChI=1S/C20H28N2O5S/c1-13-9-15(11-23)10-14(2)18(13)27-20(26)17-5-4-7-22(17)19(25)16(21-12-24)6-8-28-3/h9-10,12,16-17,23H,4-8,11H2,1-3H3,(H,21,24)/t16?,17-/m0/s1. The minimum atomic E-state index is -0.658. The fraction of sp³-hybridized carbons (Fsp3) is 0.550. The molecule has 1 fully saturated rings. The molecule has 0 aliphatic carbocycles. The first-order valence-corrected chi connectivity index (χ1v) is 10.7. The number of thioether (sulfide) groups is 1. The second-order valence-electron chi connectivity index (χ2n) is 6.95. The molecule has 2 amide bonds. The molecule has 1 unspecified atom stereocenters. The van der Waals surface area contributed by atoms with Crippen molar-refractivity contribution in [3.63, 3.8) is 0 Å². The molecule has 1 aliphatic rings. The number of amides is 2. The Morgan fingerprint density at radius 3 is 2.64 bits per heavy atom. The zero-order valence-corrected chi connectivity index (χ0v) is 17.4. The van der Waals surface area contributed by atoms with Crippen LogP contribution in [0.5, 0.6) is 5.75 Å². The molecule has 2 N–H and O–H groups in total. The molecule has 154 valence electrons. The summed E-state index contributed by atoms with van der Waals surface area (Å²) in [5.41, 5.74) is 2.27. The van der Waals surface area contributed by atoms with Crippen LogP contribution in [0.1, 0.15) is 36.0 Å². The van der Waals surface area contributed by atoms with Crippen molar-refractivity contribution in [1.29, 1.82) is 0 Å². The number of carbonyl (C=O) groups is 3. The third-order valence-electron chi connectivity index (χ3n) is 4.89. The van der Waals surface area contributed by atoms with Gasteiger partial charge in [-0.15, -0.1) is 0 Å². The second-order valence-corrected chi connectivity index (χ2v) is 7.93. The van der Waals surface area contributed by atoms with Gasteiger partial charge in [0.2, 0.25) is 12.3 Å². The third kappa shape index (κ3) is 5.26. The van der Waals surface area contributed by atoms with E-state index in [1.165, 1.54) is 4.90 Å². The summed E-state index contributed by atoms with van der Waals surface area (Å²) in [5, 5.41) is 11.9. The molecule has 2 rings (SSSR count).